The van der Waals surface area contributed by atoms with Gasteiger partial charge in [0.2, 0.25) is 0 Å². The van der Waals surface area contributed by atoms with Crippen molar-refractivity contribution in [2.24, 2.45) is 0 Å². The summed E-state index contributed by atoms with van der Waals surface area (Å²) in [7, 11) is 1.34. The minimum atomic E-state index is -0.419. The summed E-state index contributed by atoms with van der Waals surface area (Å²) in [5.74, 6) is 0.235. The van der Waals surface area contributed by atoms with Crippen LogP contribution in [0.25, 0.3) is 11.4 Å². The van der Waals surface area contributed by atoms with Gasteiger partial charge in [-0.15, -0.1) is 0 Å². The van der Waals surface area contributed by atoms with Crippen molar-refractivity contribution in [3.63, 3.8) is 0 Å². The van der Waals surface area contributed by atoms with Crippen LogP contribution in [0.3, 0.4) is 0 Å². The van der Waals surface area contributed by atoms with Gasteiger partial charge in [0.15, 0.2) is 0 Å². The summed E-state index contributed by atoms with van der Waals surface area (Å²) >= 11 is 3.44. The Kier molecular flexibility index (Phi) is 3.28. The van der Waals surface area contributed by atoms with Crippen molar-refractivity contribution in [1.82, 2.24) is 9.97 Å². The van der Waals surface area contributed by atoms with E-state index in [1.54, 1.807) is 0 Å². The van der Waals surface area contributed by atoms with Gasteiger partial charge in [-0.1, -0.05) is 22.0 Å². The van der Waals surface area contributed by atoms with Crippen LogP contribution in [-0.2, 0) is 4.74 Å². The van der Waals surface area contributed by atoms with Gasteiger partial charge in [-0.05, 0) is 24.6 Å². The zero-order chi connectivity index (χ0) is 12.4. The van der Waals surface area contributed by atoms with Gasteiger partial charge in [-0.3, -0.25) is 0 Å². The summed E-state index contributed by atoms with van der Waals surface area (Å²) in [5.41, 5.74) is 2.39. The van der Waals surface area contributed by atoms with Gasteiger partial charge in [0.25, 0.3) is 0 Å². The Labute approximate surface area is 107 Å². The van der Waals surface area contributed by atoms with E-state index in [1.165, 1.54) is 13.3 Å². The first kappa shape index (κ1) is 11.9. The first-order valence-electron chi connectivity index (χ1n) is 5.01. The molecule has 1 aromatic carbocycles. The molecule has 5 heteroatoms. The largest absolute Gasteiger partial charge is 0.464 e. The SMILES string of the molecule is COC(=O)c1cnc(-c2ccc(Br)c(C)c2)[nH]1. The van der Waals surface area contributed by atoms with Crippen LogP contribution in [0.4, 0.5) is 0 Å². The predicted molar refractivity (Wildman–Crippen MR) is 67.8 cm³/mol. The fraction of sp³-hybridized carbons (Fsp3) is 0.167. The molecule has 0 spiro atoms. The molecule has 88 valence electrons. The van der Waals surface area contributed by atoms with E-state index in [4.69, 9.17) is 0 Å². The molecule has 2 rings (SSSR count). The Balaban J connectivity index is 2.37. The number of H-pyrrole nitrogens is 1. The molecular weight excluding hydrogens is 284 g/mol. The van der Waals surface area contributed by atoms with E-state index in [0.717, 1.165) is 15.6 Å². The molecule has 0 amide bonds. The number of carbonyl (C=O) groups is 1. The van der Waals surface area contributed by atoms with E-state index in [0.29, 0.717) is 11.5 Å². The number of methoxy groups -OCH3 is 1. The Morgan fingerprint density at radius 1 is 1.47 bits per heavy atom. The number of carbonyl (C=O) groups excluding carboxylic acids is 1. The number of imidazole rings is 1. The van der Waals surface area contributed by atoms with Crippen LogP contribution >= 0.6 is 15.9 Å². The molecule has 0 saturated heterocycles. The van der Waals surface area contributed by atoms with Crippen molar-refractivity contribution in [2.45, 2.75) is 6.92 Å². The summed E-state index contributed by atoms with van der Waals surface area (Å²) in [4.78, 5) is 18.4. The molecule has 1 heterocycles. The minimum absolute atomic E-state index is 0.350. The molecule has 0 aliphatic rings. The number of rotatable bonds is 2. The maximum atomic E-state index is 11.3. The summed E-state index contributed by atoms with van der Waals surface area (Å²) in [6.45, 7) is 2.00. The number of esters is 1. The topological polar surface area (TPSA) is 55.0 Å². The lowest BCUT2D eigenvalue weighted by Crippen LogP contribution is -2.00. The van der Waals surface area contributed by atoms with Crippen molar-refractivity contribution in [3.05, 3.63) is 40.1 Å². The minimum Gasteiger partial charge on any atom is -0.464 e. The van der Waals surface area contributed by atoms with E-state index in [9.17, 15) is 4.79 Å². The second-order valence-corrected chi connectivity index (χ2v) is 4.46. The van der Waals surface area contributed by atoms with Crippen LogP contribution < -0.4 is 0 Å². The van der Waals surface area contributed by atoms with Crippen LogP contribution in [0.5, 0.6) is 0 Å². The molecule has 0 atom stereocenters. The third kappa shape index (κ3) is 2.39. The number of benzene rings is 1. The molecule has 1 aromatic heterocycles. The lowest BCUT2D eigenvalue weighted by atomic mass is 10.1. The highest BCUT2D eigenvalue weighted by atomic mass is 79.9. The maximum Gasteiger partial charge on any atom is 0.356 e. The average Bonchev–Trinajstić information content (AvgIpc) is 2.81. The molecule has 0 radical (unpaired) electrons. The van der Waals surface area contributed by atoms with Gasteiger partial charge in [-0.2, -0.15) is 0 Å². The number of aromatic amines is 1. The Hall–Kier alpha value is -1.62. The number of ether oxygens (including phenoxy) is 1. The third-order valence-corrected chi connectivity index (χ3v) is 3.30. The number of halogens is 1. The second kappa shape index (κ2) is 4.71. The maximum absolute atomic E-state index is 11.3. The van der Waals surface area contributed by atoms with Crippen LogP contribution in [0, 0.1) is 6.92 Å². The Morgan fingerprint density at radius 2 is 2.24 bits per heavy atom. The molecule has 0 unspecified atom stereocenters. The Bertz CT molecular complexity index is 563. The lowest BCUT2D eigenvalue weighted by Gasteiger charge is -2.01. The Morgan fingerprint density at radius 3 is 2.88 bits per heavy atom. The number of nitrogens with one attached hydrogen (secondary N) is 1. The number of nitrogens with zero attached hydrogens (tertiary/aromatic N) is 1. The fourth-order valence-corrected chi connectivity index (χ4v) is 1.72. The highest BCUT2D eigenvalue weighted by molar-refractivity contribution is 9.10. The van der Waals surface area contributed by atoms with Crippen molar-refractivity contribution in [1.29, 1.82) is 0 Å². The average molecular weight is 295 g/mol. The van der Waals surface area contributed by atoms with E-state index < -0.39 is 5.97 Å². The molecule has 17 heavy (non-hydrogen) atoms. The monoisotopic (exact) mass is 294 g/mol. The van der Waals surface area contributed by atoms with Gasteiger partial charge in [0, 0.05) is 10.0 Å². The van der Waals surface area contributed by atoms with Crippen molar-refractivity contribution in [2.75, 3.05) is 7.11 Å². The van der Waals surface area contributed by atoms with Crippen molar-refractivity contribution in [3.8, 4) is 11.4 Å². The predicted octanol–water partition coefficient (Wildman–Crippen LogP) is 2.93. The van der Waals surface area contributed by atoms with Crippen LogP contribution in [0.1, 0.15) is 16.1 Å². The lowest BCUT2D eigenvalue weighted by molar-refractivity contribution is 0.0595. The molecular formula is C12H11BrN2O2. The number of aryl methyl sites for hydroxylation is 1. The van der Waals surface area contributed by atoms with Crippen molar-refractivity contribution >= 4 is 21.9 Å². The van der Waals surface area contributed by atoms with E-state index in [-0.39, 0.29) is 0 Å². The first-order valence-corrected chi connectivity index (χ1v) is 5.81. The number of hydrogen-bond acceptors (Lipinski definition) is 3. The quantitative estimate of drug-likeness (QED) is 0.867. The normalized spacial score (nSPS) is 10.3. The number of hydrogen-bond donors (Lipinski definition) is 1. The third-order valence-electron chi connectivity index (χ3n) is 2.41. The van der Waals surface area contributed by atoms with Gasteiger partial charge in [0.1, 0.15) is 11.5 Å². The van der Waals surface area contributed by atoms with Gasteiger partial charge in [0.05, 0.1) is 13.3 Å². The molecule has 1 N–H and O–H groups in total. The summed E-state index contributed by atoms with van der Waals surface area (Å²) in [6, 6.07) is 5.87. The van der Waals surface area contributed by atoms with E-state index in [1.807, 2.05) is 25.1 Å². The zero-order valence-corrected chi connectivity index (χ0v) is 11.0. The zero-order valence-electron chi connectivity index (χ0n) is 9.45. The summed E-state index contributed by atoms with van der Waals surface area (Å²) in [6.07, 6.45) is 1.47. The number of aromatic nitrogens is 2. The van der Waals surface area contributed by atoms with Crippen molar-refractivity contribution < 1.29 is 9.53 Å². The highest BCUT2D eigenvalue weighted by Gasteiger charge is 2.10. The van der Waals surface area contributed by atoms with Gasteiger partial charge in [-0.25, -0.2) is 9.78 Å². The second-order valence-electron chi connectivity index (χ2n) is 3.60. The smallest absolute Gasteiger partial charge is 0.356 e. The van der Waals surface area contributed by atoms with Gasteiger partial charge >= 0.3 is 5.97 Å². The van der Waals surface area contributed by atoms with Gasteiger partial charge < -0.3 is 9.72 Å². The molecule has 0 fully saturated rings. The molecule has 0 saturated carbocycles. The molecule has 0 aliphatic heterocycles. The molecule has 0 aliphatic carbocycles. The highest BCUT2D eigenvalue weighted by Crippen LogP contribution is 2.23. The fourth-order valence-electron chi connectivity index (χ4n) is 1.47. The van der Waals surface area contributed by atoms with Crippen LogP contribution in [-0.4, -0.2) is 23.0 Å². The molecule has 2 aromatic rings. The first-order chi connectivity index (χ1) is 8.11. The molecule has 4 nitrogen and oxygen atoms in total. The summed E-state index contributed by atoms with van der Waals surface area (Å²) < 4.78 is 5.65. The van der Waals surface area contributed by atoms with E-state index >= 15 is 0 Å². The van der Waals surface area contributed by atoms with Crippen LogP contribution in [0.15, 0.2) is 28.9 Å². The standard InChI is InChI=1S/C12H11BrN2O2/c1-7-5-8(3-4-9(7)13)11-14-6-10(15-11)12(16)17-2/h3-6H,1-2H3,(H,14,15). The summed E-state index contributed by atoms with van der Waals surface area (Å²) in [5, 5.41) is 0. The van der Waals surface area contributed by atoms with E-state index in [2.05, 4.69) is 30.6 Å². The molecule has 0 bridgehead atoms. The van der Waals surface area contributed by atoms with Crippen LogP contribution in [0.2, 0.25) is 0 Å².